The van der Waals surface area contributed by atoms with Crippen LogP contribution in [0, 0.1) is 6.92 Å². The number of nitrogens with one attached hydrogen (secondary N) is 1. The van der Waals surface area contributed by atoms with Gasteiger partial charge >= 0.3 is 0 Å². The van der Waals surface area contributed by atoms with Crippen molar-refractivity contribution in [3.8, 4) is 17.1 Å². The Bertz CT molecular complexity index is 1070. The fraction of sp³-hybridized carbons (Fsp3) is 0.227. The lowest BCUT2D eigenvalue weighted by molar-refractivity contribution is -0.127. The zero-order valence-corrected chi connectivity index (χ0v) is 16.7. The second kappa shape index (κ2) is 8.28. The molecule has 8 heteroatoms. The highest BCUT2D eigenvalue weighted by Crippen LogP contribution is 2.28. The number of pyridine rings is 1. The predicted octanol–water partition coefficient (Wildman–Crippen LogP) is 2.99. The Morgan fingerprint density at radius 2 is 1.90 bits per heavy atom. The monoisotopic (exact) mass is 403 g/mol. The Balaban J connectivity index is 1.51. The third-order valence-electron chi connectivity index (χ3n) is 4.70. The van der Waals surface area contributed by atoms with Crippen molar-refractivity contribution in [2.24, 2.45) is 0 Å². The van der Waals surface area contributed by atoms with Gasteiger partial charge in [-0.3, -0.25) is 14.5 Å². The maximum atomic E-state index is 13.1. The van der Waals surface area contributed by atoms with E-state index in [2.05, 4.69) is 20.3 Å². The molecule has 3 heterocycles. The van der Waals surface area contributed by atoms with Gasteiger partial charge in [-0.25, -0.2) is 15.0 Å². The number of benzene rings is 1. The number of fused-ring (bicyclic) bond motifs is 1. The number of hydrogen-bond donors (Lipinski definition) is 1. The van der Waals surface area contributed by atoms with Crippen LogP contribution in [-0.4, -0.2) is 39.4 Å². The minimum Gasteiger partial charge on any atom is -0.481 e. The summed E-state index contributed by atoms with van der Waals surface area (Å²) in [4.78, 5) is 39.4. The maximum absolute atomic E-state index is 13.1. The Kier molecular flexibility index (Phi) is 5.38. The van der Waals surface area contributed by atoms with Crippen molar-refractivity contribution in [3.63, 3.8) is 0 Å². The van der Waals surface area contributed by atoms with E-state index in [0.29, 0.717) is 29.5 Å². The summed E-state index contributed by atoms with van der Waals surface area (Å²) in [7, 11) is 0. The van der Waals surface area contributed by atoms with Gasteiger partial charge in [-0.05, 0) is 55.3 Å². The number of amides is 2. The summed E-state index contributed by atoms with van der Waals surface area (Å²) < 4.78 is 5.95. The maximum Gasteiger partial charge on any atom is 0.269 e. The first-order valence-electron chi connectivity index (χ1n) is 9.67. The van der Waals surface area contributed by atoms with Crippen LogP contribution >= 0.6 is 0 Å². The number of hydrogen-bond acceptors (Lipinski definition) is 6. The topological polar surface area (TPSA) is 97.3 Å². The van der Waals surface area contributed by atoms with Gasteiger partial charge in [0.25, 0.3) is 5.91 Å². The number of anilines is 2. The average molecular weight is 403 g/mol. The Morgan fingerprint density at radius 1 is 1.17 bits per heavy atom. The van der Waals surface area contributed by atoms with Gasteiger partial charge in [0.05, 0.1) is 5.69 Å². The molecule has 0 spiro atoms. The molecule has 1 atom stereocenters. The molecular weight excluding hydrogens is 382 g/mol. The molecule has 0 saturated heterocycles. The lowest BCUT2D eigenvalue weighted by Gasteiger charge is -2.30. The second-order valence-electron chi connectivity index (χ2n) is 6.97. The number of carbonyl (C=O) groups is 2. The lowest BCUT2D eigenvalue weighted by atomic mass is 10.1. The van der Waals surface area contributed by atoms with Crippen LogP contribution in [0.25, 0.3) is 11.4 Å². The molecule has 3 aromatic rings. The van der Waals surface area contributed by atoms with E-state index in [-0.39, 0.29) is 18.4 Å². The van der Waals surface area contributed by atoms with Crippen LogP contribution in [0.4, 0.5) is 11.5 Å². The molecule has 1 unspecified atom stereocenters. The molecule has 1 aliphatic rings. The molecule has 2 aromatic heterocycles. The number of aryl methyl sites for hydroxylation is 1. The van der Waals surface area contributed by atoms with Gasteiger partial charge in [-0.2, -0.15) is 0 Å². The third kappa shape index (κ3) is 3.98. The highest BCUT2D eigenvalue weighted by Gasteiger charge is 2.33. The lowest BCUT2D eigenvalue weighted by Crippen LogP contribution is -2.48. The third-order valence-corrected chi connectivity index (χ3v) is 4.70. The molecule has 0 saturated carbocycles. The van der Waals surface area contributed by atoms with Gasteiger partial charge in [0, 0.05) is 24.2 Å². The zero-order valence-electron chi connectivity index (χ0n) is 16.7. The Morgan fingerprint density at radius 3 is 2.60 bits per heavy atom. The molecule has 1 N–H and O–H groups in total. The van der Waals surface area contributed by atoms with E-state index in [1.165, 1.54) is 4.90 Å². The van der Waals surface area contributed by atoms with E-state index in [4.69, 9.17) is 4.74 Å². The van der Waals surface area contributed by atoms with E-state index in [1.54, 1.807) is 42.9 Å². The first-order chi connectivity index (χ1) is 14.5. The summed E-state index contributed by atoms with van der Waals surface area (Å²) >= 11 is 0. The minimum atomic E-state index is -0.743. The van der Waals surface area contributed by atoms with E-state index in [0.717, 1.165) is 11.1 Å². The van der Waals surface area contributed by atoms with E-state index >= 15 is 0 Å². The van der Waals surface area contributed by atoms with Gasteiger partial charge in [0.15, 0.2) is 17.7 Å². The van der Waals surface area contributed by atoms with Crippen molar-refractivity contribution >= 4 is 23.3 Å². The highest BCUT2D eigenvalue weighted by atomic mass is 16.5. The van der Waals surface area contributed by atoms with Crippen molar-refractivity contribution < 1.29 is 14.3 Å². The Labute approximate surface area is 173 Å². The number of aromatic nitrogens is 3. The molecule has 0 radical (unpaired) electrons. The van der Waals surface area contributed by atoms with Gasteiger partial charge < -0.3 is 10.1 Å². The first-order valence-corrected chi connectivity index (χ1v) is 9.67. The fourth-order valence-electron chi connectivity index (χ4n) is 3.17. The summed E-state index contributed by atoms with van der Waals surface area (Å²) in [6, 6.07) is 10.7. The summed E-state index contributed by atoms with van der Waals surface area (Å²) in [5.41, 5.74) is 2.36. The van der Waals surface area contributed by atoms with Crippen LogP contribution in [-0.2, 0) is 9.59 Å². The number of nitrogens with zero attached hydrogens (tertiary/aromatic N) is 4. The minimum absolute atomic E-state index is 0.0909. The van der Waals surface area contributed by atoms with Gasteiger partial charge in [0.1, 0.15) is 12.3 Å². The van der Waals surface area contributed by atoms with Crippen molar-refractivity contribution in [3.05, 3.63) is 60.6 Å². The van der Waals surface area contributed by atoms with Crippen molar-refractivity contribution in [2.75, 3.05) is 16.8 Å². The Hall–Kier alpha value is -3.81. The van der Waals surface area contributed by atoms with Gasteiger partial charge in [-0.1, -0.05) is 6.92 Å². The molecule has 2 amide bonds. The molecule has 1 aromatic carbocycles. The zero-order chi connectivity index (χ0) is 21.1. The largest absolute Gasteiger partial charge is 0.481 e. The molecule has 4 rings (SSSR count). The van der Waals surface area contributed by atoms with E-state index in [9.17, 15) is 9.59 Å². The van der Waals surface area contributed by atoms with Gasteiger partial charge in [0.2, 0.25) is 5.91 Å². The van der Waals surface area contributed by atoms with Crippen molar-refractivity contribution in [2.45, 2.75) is 26.4 Å². The summed E-state index contributed by atoms with van der Waals surface area (Å²) in [6.45, 7) is 3.70. The normalized spacial score (nSPS) is 13.9. The summed E-state index contributed by atoms with van der Waals surface area (Å²) in [6.07, 6.45) is 4.82. The quantitative estimate of drug-likeness (QED) is 0.703. The second-order valence-corrected chi connectivity index (χ2v) is 6.97. The molecule has 0 bridgehead atoms. The smallest absolute Gasteiger partial charge is 0.269 e. The van der Waals surface area contributed by atoms with Crippen LogP contribution in [0.15, 0.2) is 55.0 Å². The molecule has 30 heavy (non-hydrogen) atoms. The molecule has 152 valence electrons. The van der Waals surface area contributed by atoms with Gasteiger partial charge in [-0.15, -0.1) is 0 Å². The molecule has 1 aliphatic heterocycles. The van der Waals surface area contributed by atoms with Crippen LogP contribution in [0.2, 0.25) is 0 Å². The number of ether oxygens (including phenoxy) is 1. The molecule has 0 aliphatic carbocycles. The highest BCUT2D eigenvalue weighted by molar-refractivity contribution is 6.10. The molecule has 8 nitrogen and oxygen atoms in total. The van der Waals surface area contributed by atoms with Crippen molar-refractivity contribution in [1.29, 1.82) is 0 Å². The fourth-order valence-corrected chi connectivity index (χ4v) is 3.17. The number of rotatable bonds is 5. The predicted molar refractivity (Wildman–Crippen MR) is 112 cm³/mol. The summed E-state index contributed by atoms with van der Waals surface area (Å²) in [5.74, 6) is 1.03. The van der Waals surface area contributed by atoms with Crippen LogP contribution in [0.1, 0.15) is 18.9 Å². The van der Waals surface area contributed by atoms with E-state index < -0.39 is 6.10 Å². The average Bonchev–Trinajstić information content (AvgIpc) is 2.77. The molecular formula is C22H21N5O3. The van der Waals surface area contributed by atoms with E-state index in [1.807, 2.05) is 26.0 Å². The SMILES string of the molecule is CCC(Oc1ccc(-c2ncc(C)cn2)cc1)C(=O)N1CC(=O)Nc2cccnc21. The van der Waals surface area contributed by atoms with Crippen LogP contribution in [0.3, 0.4) is 0 Å². The first kappa shape index (κ1) is 19.5. The van der Waals surface area contributed by atoms with Crippen LogP contribution in [0.5, 0.6) is 5.75 Å². The van der Waals surface area contributed by atoms with Crippen molar-refractivity contribution in [1.82, 2.24) is 15.0 Å². The standard InChI is InChI=1S/C22H21N5O3/c1-3-18(22(29)27-13-19(28)26-17-5-4-10-23-21(17)27)30-16-8-6-15(7-9-16)20-24-11-14(2)12-25-20/h4-12,18H,3,13H2,1-2H3,(H,26,28). The summed E-state index contributed by atoms with van der Waals surface area (Å²) in [5, 5.41) is 2.73. The van der Waals surface area contributed by atoms with Crippen LogP contribution < -0.4 is 15.0 Å². The molecule has 0 fully saturated rings. The number of carbonyl (C=O) groups excluding carboxylic acids is 2.